The van der Waals surface area contributed by atoms with E-state index in [2.05, 4.69) is 27.3 Å². The minimum atomic E-state index is 0.383. The van der Waals surface area contributed by atoms with Crippen LogP contribution in [-0.2, 0) is 13.0 Å². The van der Waals surface area contributed by atoms with Crippen molar-refractivity contribution in [1.29, 1.82) is 0 Å². The van der Waals surface area contributed by atoms with Crippen LogP contribution < -0.4 is 10.2 Å². The van der Waals surface area contributed by atoms with E-state index < -0.39 is 0 Å². The van der Waals surface area contributed by atoms with Crippen molar-refractivity contribution in [3.63, 3.8) is 0 Å². The van der Waals surface area contributed by atoms with E-state index in [1.54, 1.807) is 0 Å². The molecule has 0 bridgehead atoms. The molecule has 1 N–H and O–H groups in total. The normalized spacial score (nSPS) is 15.5. The van der Waals surface area contributed by atoms with Gasteiger partial charge in [0.1, 0.15) is 5.52 Å². The van der Waals surface area contributed by atoms with E-state index in [0.717, 1.165) is 19.5 Å². The summed E-state index contributed by atoms with van der Waals surface area (Å²) >= 11 is 0. The van der Waals surface area contributed by atoms with Gasteiger partial charge in [-0.05, 0) is 42.4 Å². The lowest BCUT2D eigenvalue weighted by Gasteiger charge is -2.24. The molecule has 0 aliphatic carbocycles. The van der Waals surface area contributed by atoms with E-state index >= 15 is 0 Å². The average Bonchev–Trinajstić information content (AvgIpc) is 2.37. The predicted molar refractivity (Wildman–Crippen MR) is 72.7 cm³/mol. The largest absolute Gasteiger partial charge is 0.594 e. The average molecular weight is 259 g/mol. The molecule has 0 saturated heterocycles. The second-order valence-corrected chi connectivity index (χ2v) is 4.94. The number of nitrogens with zero attached hydrogens (tertiary/aromatic N) is 4. The van der Waals surface area contributed by atoms with Crippen molar-refractivity contribution in [2.45, 2.75) is 19.9 Å². The van der Waals surface area contributed by atoms with E-state index in [9.17, 15) is 5.21 Å². The van der Waals surface area contributed by atoms with Crippen LogP contribution in [0.25, 0.3) is 11.0 Å². The minimum absolute atomic E-state index is 0.383. The van der Waals surface area contributed by atoms with Crippen molar-refractivity contribution < 1.29 is 4.85 Å². The van der Waals surface area contributed by atoms with Gasteiger partial charge < -0.3 is 15.4 Å². The topological polar surface area (TPSA) is 68.0 Å². The Kier molecular flexibility index (Phi) is 2.94. The number of aromatic nitrogens is 3. The molecule has 1 aliphatic rings. The van der Waals surface area contributed by atoms with Gasteiger partial charge >= 0.3 is 0 Å². The number of nitrogens with one attached hydrogen (secondary N) is 1. The molecular weight excluding hydrogens is 242 g/mol. The summed E-state index contributed by atoms with van der Waals surface area (Å²) in [5.74, 6) is 0.383. The van der Waals surface area contributed by atoms with Crippen LogP contribution in [0.2, 0.25) is 0 Å². The maximum Gasteiger partial charge on any atom is 0.290 e. The van der Waals surface area contributed by atoms with Gasteiger partial charge in [-0.2, -0.15) is 0 Å². The highest BCUT2D eigenvalue weighted by molar-refractivity contribution is 5.74. The first-order chi connectivity index (χ1) is 9.17. The summed E-state index contributed by atoms with van der Waals surface area (Å²) in [7, 11) is 2.10. The molecule has 0 radical (unpaired) electrons. The number of likely N-dealkylation sites (N-methyl/N-ethyl adjacent to an activating group) is 1. The van der Waals surface area contributed by atoms with Crippen LogP contribution in [0.1, 0.15) is 18.1 Å². The fraction of sp³-hybridized carbons (Fsp3) is 0.462. The quantitative estimate of drug-likeness (QED) is 0.634. The van der Waals surface area contributed by atoms with Crippen LogP contribution in [-0.4, -0.2) is 35.1 Å². The Balaban J connectivity index is 2.14. The molecule has 0 atom stereocenters. The van der Waals surface area contributed by atoms with Crippen molar-refractivity contribution in [3.05, 3.63) is 28.5 Å². The summed E-state index contributed by atoms with van der Waals surface area (Å²) in [5, 5.41) is 18.8. The van der Waals surface area contributed by atoms with E-state index in [-0.39, 0.29) is 0 Å². The fourth-order valence-corrected chi connectivity index (χ4v) is 2.48. The summed E-state index contributed by atoms with van der Waals surface area (Å²) in [4.78, 5) is 7.33. The van der Waals surface area contributed by atoms with Crippen LogP contribution in [0, 0.1) is 5.21 Å². The van der Waals surface area contributed by atoms with Crippen LogP contribution >= 0.6 is 0 Å². The van der Waals surface area contributed by atoms with Crippen LogP contribution in [0.15, 0.2) is 12.1 Å². The number of fused-ring (bicyclic) bond motifs is 2. The number of hydrogen-bond donors (Lipinski definition) is 1. The lowest BCUT2D eigenvalue weighted by Crippen LogP contribution is -2.34. The molecule has 2 heterocycles. The number of anilines is 1. The molecule has 0 saturated carbocycles. The van der Waals surface area contributed by atoms with Gasteiger partial charge in [-0.25, -0.2) is 4.98 Å². The lowest BCUT2D eigenvalue weighted by atomic mass is 9.99. The molecule has 0 fully saturated rings. The summed E-state index contributed by atoms with van der Waals surface area (Å²) in [6.07, 6.45) is 0.969. The Morgan fingerprint density at radius 1 is 1.42 bits per heavy atom. The molecule has 0 amide bonds. The molecule has 6 nitrogen and oxygen atoms in total. The Morgan fingerprint density at radius 2 is 2.26 bits per heavy atom. The molecule has 2 aromatic rings. The Morgan fingerprint density at radius 3 is 3.05 bits per heavy atom. The van der Waals surface area contributed by atoms with Crippen molar-refractivity contribution in [2.24, 2.45) is 0 Å². The third-order valence-corrected chi connectivity index (χ3v) is 3.45. The van der Waals surface area contributed by atoms with E-state index in [4.69, 9.17) is 0 Å². The van der Waals surface area contributed by atoms with E-state index in [1.165, 1.54) is 11.1 Å². The van der Waals surface area contributed by atoms with Gasteiger partial charge in [-0.3, -0.25) is 0 Å². The van der Waals surface area contributed by atoms with E-state index in [0.29, 0.717) is 28.4 Å². The van der Waals surface area contributed by atoms with Gasteiger partial charge in [-0.15, -0.1) is 0 Å². The second kappa shape index (κ2) is 4.62. The first-order valence-electron chi connectivity index (χ1n) is 6.53. The maximum atomic E-state index is 11.9. The SMILES string of the molecule is CCNc1nc2cc3c(cc2[n+]([O-])n1)CCN(C)C3. The molecule has 19 heavy (non-hydrogen) atoms. The van der Waals surface area contributed by atoms with Gasteiger partial charge in [0.05, 0.1) is 5.10 Å². The molecule has 0 unspecified atom stereocenters. The molecule has 6 heteroatoms. The van der Waals surface area contributed by atoms with Crippen molar-refractivity contribution in [2.75, 3.05) is 25.5 Å². The Bertz CT molecular complexity index is 628. The lowest BCUT2D eigenvalue weighted by molar-refractivity contribution is -0.641. The first kappa shape index (κ1) is 12.1. The standard InChI is InChI=1S/C13H17N5O/c1-3-14-13-15-11-6-10-8-17(2)5-4-9(10)7-12(11)18(19)16-13/h6-7H,3-5,8H2,1-2H3,(H,14,15,16). The molecule has 3 rings (SSSR count). The highest BCUT2D eigenvalue weighted by Crippen LogP contribution is 2.22. The number of rotatable bonds is 2. The van der Waals surface area contributed by atoms with E-state index in [1.807, 2.05) is 19.1 Å². The van der Waals surface area contributed by atoms with Crippen LogP contribution in [0.4, 0.5) is 5.95 Å². The zero-order valence-electron chi connectivity index (χ0n) is 11.2. The zero-order chi connectivity index (χ0) is 13.4. The molecule has 1 aliphatic heterocycles. The third kappa shape index (κ3) is 2.19. The summed E-state index contributed by atoms with van der Waals surface area (Å²) < 4.78 is 0. The van der Waals surface area contributed by atoms with Crippen molar-refractivity contribution >= 4 is 17.0 Å². The molecular formula is C13H17N5O. The number of hydrogen-bond acceptors (Lipinski definition) is 5. The maximum absolute atomic E-state index is 11.9. The van der Waals surface area contributed by atoms with Gasteiger partial charge in [0.2, 0.25) is 0 Å². The van der Waals surface area contributed by atoms with Gasteiger partial charge in [-0.1, -0.05) is 0 Å². The van der Waals surface area contributed by atoms with Crippen molar-refractivity contribution in [1.82, 2.24) is 15.0 Å². The predicted octanol–water partition coefficient (Wildman–Crippen LogP) is 0.683. The second-order valence-electron chi connectivity index (χ2n) is 4.94. The zero-order valence-corrected chi connectivity index (χ0v) is 11.2. The van der Waals surface area contributed by atoms with Gasteiger partial charge in [0.15, 0.2) is 0 Å². The smallest absolute Gasteiger partial charge is 0.290 e. The fourth-order valence-electron chi connectivity index (χ4n) is 2.48. The number of benzene rings is 1. The van der Waals surface area contributed by atoms with Crippen LogP contribution in [0.5, 0.6) is 0 Å². The Labute approximate surface area is 111 Å². The summed E-state index contributed by atoms with van der Waals surface area (Å²) in [5.41, 5.74) is 3.73. The summed E-state index contributed by atoms with van der Waals surface area (Å²) in [6.45, 7) is 4.57. The van der Waals surface area contributed by atoms with Gasteiger partial charge in [0.25, 0.3) is 11.5 Å². The third-order valence-electron chi connectivity index (χ3n) is 3.45. The summed E-state index contributed by atoms with van der Waals surface area (Å²) in [6, 6.07) is 3.94. The monoisotopic (exact) mass is 259 g/mol. The van der Waals surface area contributed by atoms with Crippen LogP contribution in [0.3, 0.4) is 0 Å². The highest BCUT2D eigenvalue weighted by Gasteiger charge is 2.18. The van der Waals surface area contributed by atoms with Crippen molar-refractivity contribution in [3.8, 4) is 0 Å². The first-order valence-corrected chi connectivity index (χ1v) is 6.53. The molecule has 1 aromatic carbocycles. The van der Waals surface area contributed by atoms with Gasteiger partial charge in [0, 0.05) is 25.7 Å². The molecule has 1 aromatic heterocycles. The Hall–Kier alpha value is -1.95. The molecule has 0 spiro atoms. The molecule has 100 valence electrons. The minimum Gasteiger partial charge on any atom is -0.594 e. The highest BCUT2D eigenvalue weighted by atomic mass is 16.5.